The fourth-order valence-electron chi connectivity index (χ4n) is 3.83. The zero-order valence-electron chi connectivity index (χ0n) is 16.4. The molecule has 31 heavy (non-hydrogen) atoms. The number of ketones is 1. The number of benzene rings is 2. The molecule has 1 saturated heterocycles. The first-order chi connectivity index (χ1) is 15.1. The molecule has 1 N–H and O–H groups in total. The van der Waals surface area contributed by atoms with E-state index < -0.39 is 17.7 Å². The van der Waals surface area contributed by atoms with Gasteiger partial charge in [-0.25, -0.2) is 0 Å². The maximum atomic E-state index is 13.1. The molecule has 0 saturated carbocycles. The summed E-state index contributed by atoms with van der Waals surface area (Å²) in [6.07, 6.45) is 1.44. The molecule has 0 aliphatic carbocycles. The molecule has 3 heterocycles. The predicted molar refractivity (Wildman–Crippen MR) is 109 cm³/mol. The second-order valence-electron chi connectivity index (χ2n) is 6.92. The van der Waals surface area contributed by atoms with Crippen molar-refractivity contribution in [2.45, 2.75) is 6.04 Å². The highest BCUT2D eigenvalue weighted by molar-refractivity contribution is 6.51. The highest BCUT2D eigenvalue weighted by Crippen LogP contribution is 2.45. The van der Waals surface area contributed by atoms with E-state index in [-0.39, 0.29) is 18.1 Å². The number of aliphatic hydroxyl groups is 1. The number of hydrogen-bond donors (Lipinski definition) is 1. The smallest absolute Gasteiger partial charge is 0.300 e. The highest BCUT2D eigenvalue weighted by Gasteiger charge is 2.49. The lowest BCUT2D eigenvalue weighted by atomic mass is 9.99. The van der Waals surface area contributed by atoms with Gasteiger partial charge < -0.3 is 23.7 Å². The van der Waals surface area contributed by atoms with Gasteiger partial charge in [0.25, 0.3) is 11.7 Å². The third-order valence-electron chi connectivity index (χ3n) is 5.25. The van der Waals surface area contributed by atoms with Crippen molar-refractivity contribution in [2.24, 2.45) is 0 Å². The molecule has 0 bridgehead atoms. The van der Waals surface area contributed by atoms with E-state index in [2.05, 4.69) is 0 Å². The maximum absolute atomic E-state index is 13.1. The largest absolute Gasteiger partial charge is 0.507 e. The minimum Gasteiger partial charge on any atom is -0.507 e. The molecule has 1 amide bonds. The molecule has 8 nitrogen and oxygen atoms in total. The minimum absolute atomic E-state index is 0.0735. The van der Waals surface area contributed by atoms with Crippen molar-refractivity contribution in [2.75, 3.05) is 18.8 Å². The Morgan fingerprint density at radius 3 is 2.65 bits per heavy atom. The molecule has 2 aliphatic rings. The van der Waals surface area contributed by atoms with Gasteiger partial charge in [-0.15, -0.1) is 0 Å². The number of amides is 1. The molecule has 2 aromatic carbocycles. The second-order valence-corrected chi connectivity index (χ2v) is 6.92. The molecule has 1 atom stereocenters. The summed E-state index contributed by atoms with van der Waals surface area (Å²) in [7, 11) is 1.48. The number of carbonyl (C=O) groups excluding carboxylic acids is 2. The summed E-state index contributed by atoms with van der Waals surface area (Å²) >= 11 is 0. The Morgan fingerprint density at radius 1 is 1.06 bits per heavy atom. The average molecular weight is 419 g/mol. The van der Waals surface area contributed by atoms with E-state index in [9.17, 15) is 14.7 Å². The fourth-order valence-corrected chi connectivity index (χ4v) is 3.83. The normalized spacial score (nSPS) is 19.1. The summed E-state index contributed by atoms with van der Waals surface area (Å²) in [5.74, 6) is -0.256. The topological polar surface area (TPSA) is 98.4 Å². The van der Waals surface area contributed by atoms with E-state index >= 15 is 0 Å². The zero-order chi connectivity index (χ0) is 21.5. The molecule has 1 aromatic heterocycles. The quantitative estimate of drug-likeness (QED) is 0.392. The van der Waals surface area contributed by atoms with Crippen LogP contribution in [0.25, 0.3) is 5.76 Å². The molecule has 3 aromatic rings. The van der Waals surface area contributed by atoms with Gasteiger partial charge in [-0.05, 0) is 42.5 Å². The summed E-state index contributed by atoms with van der Waals surface area (Å²) < 4.78 is 21.6. The van der Waals surface area contributed by atoms with Gasteiger partial charge in [0.05, 0.1) is 24.6 Å². The number of para-hydroxylation sites is 2. The Kier molecular flexibility index (Phi) is 4.39. The van der Waals surface area contributed by atoms with Crippen LogP contribution in [0.5, 0.6) is 17.2 Å². The van der Waals surface area contributed by atoms with E-state index in [4.69, 9.17) is 18.6 Å². The first-order valence-corrected chi connectivity index (χ1v) is 9.47. The maximum Gasteiger partial charge on any atom is 0.300 e. The van der Waals surface area contributed by atoms with E-state index in [0.29, 0.717) is 34.3 Å². The number of nitrogens with zero attached hydrogens (tertiary/aromatic N) is 1. The monoisotopic (exact) mass is 419 g/mol. The van der Waals surface area contributed by atoms with Gasteiger partial charge in [-0.3, -0.25) is 14.5 Å². The van der Waals surface area contributed by atoms with Crippen molar-refractivity contribution in [3.63, 3.8) is 0 Å². The zero-order valence-corrected chi connectivity index (χ0v) is 16.4. The number of Topliss-reactive ketones (excluding diaryl/α,β-unsaturated/α-hetero) is 1. The Morgan fingerprint density at radius 2 is 1.87 bits per heavy atom. The molecule has 156 valence electrons. The molecule has 8 heteroatoms. The van der Waals surface area contributed by atoms with Gasteiger partial charge in [0, 0.05) is 5.56 Å². The first-order valence-electron chi connectivity index (χ1n) is 9.47. The Hall–Kier alpha value is -4.20. The van der Waals surface area contributed by atoms with Crippen molar-refractivity contribution in [3.8, 4) is 17.2 Å². The summed E-state index contributed by atoms with van der Waals surface area (Å²) in [6, 6.07) is 14.0. The van der Waals surface area contributed by atoms with E-state index in [1.807, 2.05) is 0 Å². The standard InChI is InChI=1S/C23H17NO7/c1-28-15-6-3-2-5-14(15)24-20(17-7-4-10-29-17)19(22(26)23(24)27)21(25)13-8-9-16-18(11-13)31-12-30-16/h2-11,20,25H,12H2,1H3/b21-19-. The van der Waals surface area contributed by atoms with Gasteiger partial charge >= 0.3 is 0 Å². The lowest BCUT2D eigenvalue weighted by Crippen LogP contribution is -2.29. The molecular formula is C23H17NO7. The fraction of sp³-hybridized carbons (Fsp3) is 0.130. The van der Waals surface area contributed by atoms with Crippen LogP contribution in [0.3, 0.4) is 0 Å². The van der Waals surface area contributed by atoms with Gasteiger partial charge in [0.1, 0.15) is 23.3 Å². The van der Waals surface area contributed by atoms with Crippen molar-refractivity contribution in [1.29, 1.82) is 0 Å². The van der Waals surface area contributed by atoms with Crippen molar-refractivity contribution < 1.29 is 33.3 Å². The summed E-state index contributed by atoms with van der Waals surface area (Å²) in [4.78, 5) is 27.5. The number of carbonyl (C=O) groups is 2. The van der Waals surface area contributed by atoms with Crippen molar-refractivity contribution in [1.82, 2.24) is 0 Å². The molecule has 1 fully saturated rings. The van der Waals surface area contributed by atoms with Gasteiger partial charge in [-0.2, -0.15) is 0 Å². The third-order valence-corrected chi connectivity index (χ3v) is 5.25. The van der Waals surface area contributed by atoms with Crippen LogP contribution in [0, 0.1) is 0 Å². The van der Waals surface area contributed by atoms with Crippen LogP contribution in [-0.2, 0) is 9.59 Å². The third kappa shape index (κ3) is 2.92. The number of rotatable bonds is 4. The molecule has 2 aliphatic heterocycles. The number of methoxy groups -OCH3 is 1. The van der Waals surface area contributed by atoms with Crippen LogP contribution in [-0.4, -0.2) is 30.7 Å². The number of hydrogen-bond acceptors (Lipinski definition) is 7. The molecule has 5 rings (SSSR count). The first kappa shape index (κ1) is 18.8. The number of anilines is 1. The van der Waals surface area contributed by atoms with Crippen LogP contribution in [0.15, 0.2) is 70.9 Å². The van der Waals surface area contributed by atoms with Gasteiger partial charge in [0.15, 0.2) is 11.5 Å². The van der Waals surface area contributed by atoms with Crippen LogP contribution in [0.2, 0.25) is 0 Å². The number of aliphatic hydroxyl groups excluding tert-OH is 1. The van der Waals surface area contributed by atoms with E-state index in [0.717, 1.165) is 0 Å². The molecular weight excluding hydrogens is 402 g/mol. The Balaban J connectivity index is 1.70. The lowest BCUT2D eigenvalue weighted by Gasteiger charge is -2.24. The second kappa shape index (κ2) is 7.24. The van der Waals surface area contributed by atoms with Crippen molar-refractivity contribution >= 4 is 23.1 Å². The number of furan rings is 1. The summed E-state index contributed by atoms with van der Waals surface area (Å²) in [6.45, 7) is 0.0735. The van der Waals surface area contributed by atoms with Gasteiger partial charge in [-0.1, -0.05) is 12.1 Å². The van der Waals surface area contributed by atoms with E-state index in [1.165, 1.54) is 18.3 Å². The minimum atomic E-state index is -0.975. The van der Waals surface area contributed by atoms with Gasteiger partial charge in [0.2, 0.25) is 6.79 Å². The van der Waals surface area contributed by atoms with Crippen molar-refractivity contribution in [3.05, 3.63) is 77.8 Å². The summed E-state index contributed by atoms with van der Waals surface area (Å²) in [5.41, 5.74) is 0.613. The Bertz CT molecular complexity index is 1210. The highest BCUT2D eigenvalue weighted by atomic mass is 16.7. The predicted octanol–water partition coefficient (Wildman–Crippen LogP) is 3.64. The molecule has 1 unspecified atom stereocenters. The van der Waals surface area contributed by atoms with E-state index in [1.54, 1.807) is 54.6 Å². The average Bonchev–Trinajstić information content (AvgIpc) is 3.53. The molecule has 0 spiro atoms. The lowest BCUT2D eigenvalue weighted by molar-refractivity contribution is -0.132. The van der Waals surface area contributed by atoms with Crippen LogP contribution in [0.4, 0.5) is 5.69 Å². The summed E-state index contributed by atoms with van der Waals surface area (Å²) in [5, 5.41) is 11.1. The number of ether oxygens (including phenoxy) is 3. The number of fused-ring (bicyclic) bond motifs is 1. The van der Waals surface area contributed by atoms with Crippen LogP contribution >= 0.6 is 0 Å². The molecule has 0 radical (unpaired) electrons. The van der Waals surface area contributed by atoms with Crippen LogP contribution in [0.1, 0.15) is 17.4 Å². The Labute approximate surface area is 176 Å². The van der Waals surface area contributed by atoms with Crippen LogP contribution < -0.4 is 19.1 Å². The SMILES string of the molecule is COc1ccccc1N1C(=O)C(=O)/C(=C(\O)c2ccc3c(c2)OCO3)C1c1ccco1.